The summed E-state index contributed by atoms with van der Waals surface area (Å²) in [5.41, 5.74) is -0.381. The molecule has 0 aromatic carbocycles. The fourth-order valence-electron chi connectivity index (χ4n) is 1.83. The van der Waals surface area contributed by atoms with Gasteiger partial charge in [-0.05, 0) is 19.4 Å². The Morgan fingerprint density at radius 3 is 2.84 bits per heavy atom. The summed E-state index contributed by atoms with van der Waals surface area (Å²) < 4.78 is 26.4. The molecule has 0 amide bonds. The summed E-state index contributed by atoms with van der Waals surface area (Å²) in [5, 5.41) is 13.7. The third kappa shape index (κ3) is 3.42. The van der Waals surface area contributed by atoms with Crippen molar-refractivity contribution in [2.75, 3.05) is 13.1 Å². The average molecular weight is 326 g/mol. The van der Waals surface area contributed by atoms with Crippen LogP contribution in [0.2, 0.25) is 4.34 Å². The molecular weight excluding hydrogens is 314 g/mol. The Morgan fingerprint density at radius 1 is 1.58 bits per heavy atom. The van der Waals surface area contributed by atoms with Crippen LogP contribution < -0.4 is 10.0 Å². The summed E-state index contributed by atoms with van der Waals surface area (Å²) in [7, 11) is -3.76. The molecule has 1 aliphatic rings. The molecule has 10 heteroatoms. The Balaban J connectivity index is 2.19. The topological polar surface area (TPSA) is 101 Å². The maximum atomic E-state index is 12.1. The van der Waals surface area contributed by atoms with Crippen LogP contribution in [0, 0.1) is 10.1 Å². The second kappa shape index (κ2) is 5.71. The molecule has 1 fully saturated rings. The van der Waals surface area contributed by atoms with Crippen LogP contribution in [-0.4, -0.2) is 32.5 Å². The minimum atomic E-state index is -3.76. The van der Waals surface area contributed by atoms with Gasteiger partial charge in [0.15, 0.2) is 4.34 Å². The zero-order valence-electron chi connectivity index (χ0n) is 9.76. The first-order valence-corrected chi connectivity index (χ1v) is 8.24. The van der Waals surface area contributed by atoms with E-state index in [-0.39, 0.29) is 20.3 Å². The number of hydrogen-bond donors (Lipinski definition) is 2. The lowest BCUT2D eigenvalue weighted by Crippen LogP contribution is -2.45. The number of halogens is 1. The number of nitrogens with one attached hydrogen (secondary N) is 2. The van der Waals surface area contributed by atoms with Crippen molar-refractivity contribution in [3.63, 3.8) is 0 Å². The van der Waals surface area contributed by atoms with Gasteiger partial charge in [-0.15, -0.1) is 11.3 Å². The van der Waals surface area contributed by atoms with Crippen molar-refractivity contribution < 1.29 is 13.3 Å². The number of rotatable bonds is 4. The van der Waals surface area contributed by atoms with E-state index >= 15 is 0 Å². The maximum absolute atomic E-state index is 12.1. The number of nitrogens with zero attached hydrogens (tertiary/aromatic N) is 1. The normalized spacial score (nSPS) is 20.4. The zero-order chi connectivity index (χ0) is 14.0. The Kier molecular flexibility index (Phi) is 4.41. The number of sulfonamides is 1. The summed E-state index contributed by atoms with van der Waals surface area (Å²) in [4.78, 5) is 9.96. The van der Waals surface area contributed by atoms with Gasteiger partial charge in [0.1, 0.15) is 4.21 Å². The number of piperidine rings is 1. The quantitative estimate of drug-likeness (QED) is 0.642. The fourth-order valence-corrected chi connectivity index (χ4v) is 4.78. The van der Waals surface area contributed by atoms with Gasteiger partial charge in [-0.25, -0.2) is 13.1 Å². The molecule has 2 N–H and O–H groups in total. The molecule has 0 bridgehead atoms. The molecule has 1 atom stereocenters. The van der Waals surface area contributed by atoms with Gasteiger partial charge < -0.3 is 5.32 Å². The maximum Gasteiger partial charge on any atom is 0.300 e. The van der Waals surface area contributed by atoms with Gasteiger partial charge >= 0.3 is 0 Å². The molecule has 1 aromatic heterocycles. The Morgan fingerprint density at radius 2 is 2.32 bits per heavy atom. The Bertz CT molecular complexity index is 580. The average Bonchev–Trinajstić information content (AvgIpc) is 2.73. The van der Waals surface area contributed by atoms with Gasteiger partial charge in [0, 0.05) is 18.7 Å². The number of hydrogen-bond acceptors (Lipinski definition) is 6. The molecule has 19 heavy (non-hydrogen) atoms. The smallest absolute Gasteiger partial charge is 0.300 e. The molecule has 0 spiro atoms. The van der Waals surface area contributed by atoms with E-state index in [1.165, 1.54) is 0 Å². The minimum Gasteiger partial charge on any atom is -0.315 e. The van der Waals surface area contributed by atoms with Crippen molar-refractivity contribution in [2.45, 2.75) is 23.1 Å². The Hall–Kier alpha value is -0.740. The first kappa shape index (κ1) is 14.7. The van der Waals surface area contributed by atoms with Gasteiger partial charge in [0.05, 0.1) is 4.92 Å². The Labute approximate surface area is 119 Å². The third-order valence-electron chi connectivity index (χ3n) is 2.73. The summed E-state index contributed by atoms with van der Waals surface area (Å²) in [5.74, 6) is 0. The van der Waals surface area contributed by atoms with Gasteiger partial charge in [0.2, 0.25) is 0 Å². The van der Waals surface area contributed by atoms with E-state index < -0.39 is 14.9 Å². The van der Waals surface area contributed by atoms with Crippen LogP contribution in [0.15, 0.2) is 10.3 Å². The lowest BCUT2D eigenvalue weighted by molar-refractivity contribution is -0.384. The van der Waals surface area contributed by atoms with E-state index in [9.17, 15) is 18.5 Å². The van der Waals surface area contributed by atoms with Crippen LogP contribution in [0.25, 0.3) is 0 Å². The lowest BCUT2D eigenvalue weighted by atomic mass is 10.1. The zero-order valence-corrected chi connectivity index (χ0v) is 12.1. The summed E-state index contributed by atoms with van der Waals surface area (Å²) >= 11 is 6.35. The van der Waals surface area contributed by atoms with E-state index in [0.29, 0.717) is 17.9 Å². The van der Waals surface area contributed by atoms with E-state index in [0.717, 1.165) is 25.5 Å². The summed E-state index contributed by atoms with van der Waals surface area (Å²) in [6.45, 7) is 1.43. The molecule has 106 valence electrons. The van der Waals surface area contributed by atoms with Crippen LogP contribution >= 0.6 is 22.9 Å². The standard InChI is InChI=1S/C9H12ClN3O4S2/c10-9-7(13(14)15)4-8(18-9)19(16,17)12-6-2-1-3-11-5-6/h4,6,11-12H,1-3,5H2/t6-/m1/s1. The summed E-state index contributed by atoms with van der Waals surface area (Å²) in [6.07, 6.45) is 1.63. The molecule has 1 aliphatic heterocycles. The molecule has 2 heterocycles. The van der Waals surface area contributed by atoms with Crippen molar-refractivity contribution in [3.05, 3.63) is 20.5 Å². The highest BCUT2D eigenvalue weighted by molar-refractivity contribution is 7.91. The first-order valence-electron chi connectivity index (χ1n) is 5.57. The van der Waals surface area contributed by atoms with Crippen LogP contribution in [0.1, 0.15) is 12.8 Å². The number of thiophene rings is 1. The highest BCUT2D eigenvalue weighted by Crippen LogP contribution is 2.36. The van der Waals surface area contributed by atoms with E-state index in [4.69, 9.17) is 11.6 Å². The largest absolute Gasteiger partial charge is 0.315 e. The SMILES string of the molecule is O=[N+]([O-])c1cc(S(=O)(=O)N[C@@H]2CCCNC2)sc1Cl. The molecule has 0 radical (unpaired) electrons. The van der Waals surface area contributed by atoms with Crippen LogP contribution in [0.4, 0.5) is 5.69 Å². The summed E-state index contributed by atoms with van der Waals surface area (Å²) in [6, 6.07) is 0.796. The fraction of sp³-hybridized carbons (Fsp3) is 0.556. The first-order chi connectivity index (χ1) is 8.90. The number of nitro groups is 1. The molecule has 1 saturated heterocycles. The van der Waals surface area contributed by atoms with Crippen LogP contribution in [-0.2, 0) is 10.0 Å². The highest BCUT2D eigenvalue weighted by Gasteiger charge is 2.27. The van der Waals surface area contributed by atoms with Crippen molar-refractivity contribution in [1.29, 1.82) is 0 Å². The molecule has 0 saturated carbocycles. The minimum absolute atomic E-state index is 0.130. The van der Waals surface area contributed by atoms with Crippen molar-refractivity contribution in [2.24, 2.45) is 0 Å². The predicted octanol–water partition coefficient (Wildman–Crippen LogP) is 1.34. The molecule has 0 unspecified atom stereocenters. The molecule has 0 aliphatic carbocycles. The molecule has 7 nitrogen and oxygen atoms in total. The molecular formula is C9H12ClN3O4S2. The highest BCUT2D eigenvalue weighted by atomic mass is 35.5. The van der Waals surface area contributed by atoms with E-state index in [1.54, 1.807) is 0 Å². The van der Waals surface area contributed by atoms with E-state index in [2.05, 4.69) is 10.0 Å². The van der Waals surface area contributed by atoms with Crippen molar-refractivity contribution in [3.8, 4) is 0 Å². The van der Waals surface area contributed by atoms with Gasteiger partial charge in [0.25, 0.3) is 15.7 Å². The van der Waals surface area contributed by atoms with Crippen LogP contribution in [0.5, 0.6) is 0 Å². The van der Waals surface area contributed by atoms with Crippen molar-refractivity contribution >= 4 is 38.6 Å². The monoisotopic (exact) mass is 325 g/mol. The van der Waals surface area contributed by atoms with Gasteiger partial charge in [-0.2, -0.15) is 0 Å². The van der Waals surface area contributed by atoms with E-state index in [1.807, 2.05) is 0 Å². The second-order valence-electron chi connectivity index (χ2n) is 4.15. The molecule has 1 aromatic rings. The predicted molar refractivity (Wildman–Crippen MR) is 72.2 cm³/mol. The third-order valence-corrected chi connectivity index (χ3v) is 6.06. The van der Waals surface area contributed by atoms with Crippen LogP contribution in [0.3, 0.4) is 0 Å². The second-order valence-corrected chi connectivity index (χ2v) is 7.74. The van der Waals surface area contributed by atoms with Gasteiger partial charge in [-0.1, -0.05) is 11.6 Å². The lowest BCUT2D eigenvalue weighted by Gasteiger charge is -2.23. The van der Waals surface area contributed by atoms with Crippen molar-refractivity contribution in [1.82, 2.24) is 10.0 Å². The van der Waals surface area contributed by atoms with Gasteiger partial charge in [-0.3, -0.25) is 10.1 Å². The molecule has 2 rings (SSSR count).